The van der Waals surface area contributed by atoms with Gasteiger partial charge in [-0.2, -0.15) is 11.3 Å². The standard InChI is InChI=1S/C20H20ClN3O2S/c1-14-18(19(22-26-14)16-4-2-3-5-17(16)21)20(25)24-9-7-23(8-10-24)12-15-6-11-27-13-15/h2-6,11,13H,7-10,12H2,1H3. The lowest BCUT2D eigenvalue weighted by molar-refractivity contribution is 0.0627. The van der Waals surface area contributed by atoms with Crippen LogP contribution in [0.5, 0.6) is 0 Å². The maximum atomic E-state index is 13.2. The van der Waals surface area contributed by atoms with E-state index in [-0.39, 0.29) is 5.91 Å². The number of amides is 1. The number of carbonyl (C=O) groups excluding carboxylic acids is 1. The molecule has 1 aromatic carbocycles. The molecule has 27 heavy (non-hydrogen) atoms. The van der Waals surface area contributed by atoms with Gasteiger partial charge in [-0.15, -0.1) is 0 Å². The molecule has 5 nitrogen and oxygen atoms in total. The molecule has 0 saturated carbocycles. The van der Waals surface area contributed by atoms with Gasteiger partial charge in [0.25, 0.3) is 5.91 Å². The number of carbonyl (C=O) groups is 1. The van der Waals surface area contributed by atoms with E-state index < -0.39 is 0 Å². The summed E-state index contributed by atoms with van der Waals surface area (Å²) in [5, 5.41) is 8.94. The zero-order valence-electron chi connectivity index (χ0n) is 15.0. The van der Waals surface area contributed by atoms with Gasteiger partial charge in [-0.05, 0) is 35.4 Å². The molecule has 7 heteroatoms. The van der Waals surface area contributed by atoms with Crippen molar-refractivity contribution in [1.29, 1.82) is 0 Å². The number of halogens is 1. The SMILES string of the molecule is Cc1onc(-c2ccccc2Cl)c1C(=O)N1CCN(Cc2ccsc2)CC1. The van der Waals surface area contributed by atoms with E-state index in [1.807, 2.05) is 23.1 Å². The second-order valence-corrected chi connectivity index (χ2v) is 7.83. The summed E-state index contributed by atoms with van der Waals surface area (Å²) in [6.07, 6.45) is 0. The lowest BCUT2D eigenvalue weighted by Crippen LogP contribution is -2.48. The Labute approximate surface area is 167 Å². The van der Waals surface area contributed by atoms with Crippen molar-refractivity contribution in [1.82, 2.24) is 15.0 Å². The van der Waals surface area contributed by atoms with Crippen molar-refractivity contribution in [2.24, 2.45) is 0 Å². The number of benzene rings is 1. The summed E-state index contributed by atoms with van der Waals surface area (Å²) in [6.45, 7) is 5.79. The van der Waals surface area contributed by atoms with Gasteiger partial charge in [-0.3, -0.25) is 9.69 Å². The lowest BCUT2D eigenvalue weighted by atomic mass is 10.0. The minimum atomic E-state index is -0.0427. The molecule has 0 unspecified atom stereocenters. The molecule has 0 radical (unpaired) electrons. The average Bonchev–Trinajstić information content (AvgIpc) is 3.32. The van der Waals surface area contributed by atoms with E-state index >= 15 is 0 Å². The highest BCUT2D eigenvalue weighted by atomic mass is 35.5. The molecule has 0 spiro atoms. The van der Waals surface area contributed by atoms with Gasteiger partial charge in [0.1, 0.15) is 17.0 Å². The minimum absolute atomic E-state index is 0.0427. The maximum Gasteiger partial charge on any atom is 0.259 e. The molecule has 1 saturated heterocycles. The Morgan fingerprint density at radius 3 is 2.70 bits per heavy atom. The molecule has 2 aromatic heterocycles. The molecule has 0 atom stereocenters. The molecule has 140 valence electrons. The molecule has 0 N–H and O–H groups in total. The maximum absolute atomic E-state index is 13.2. The van der Waals surface area contributed by atoms with Crippen LogP contribution in [0.15, 0.2) is 45.6 Å². The van der Waals surface area contributed by atoms with Crippen LogP contribution in [0.25, 0.3) is 11.3 Å². The molecule has 1 aliphatic heterocycles. The monoisotopic (exact) mass is 401 g/mol. The third-order valence-electron chi connectivity index (χ3n) is 4.85. The zero-order valence-corrected chi connectivity index (χ0v) is 16.6. The van der Waals surface area contributed by atoms with Crippen molar-refractivity contribution >= 4 is 28.8 Å². The predicted octanol–water partition coefficient (Wildman–Crippen LogP) is 4.32. The smallest absolute Gasteiger partial charge is 0.259 e. The fourth-order valence-corrected chi connectivity index (χ4v) is 4.25. The molecule has 1 aliphatic rings. The second kappa shape index (κ2) is 7.84. The Morgan fingerprint density at radius 1 is 1.22 bits per heavy atom. The van der Waals surface area contributed by atoms with Crippen LogP contribution < -0.4 is 0 Å². The number of hydrogen-bond donors (Lipinski definition) is 0. The van der Waals surface area contributed by atoms with E-state index in [2.05, 4.69) is 26.9 Å². The number of thiophene rings is 1. The van der Waals surface area contributed by atoms with Gasteiger partial charge in [0.05, 0.1) is 5.02 Å². The van der Waals surface area contributed by atoms with Crippen molar-refractivity contribution in [3.63, 3.8) is 0 Å². The fraction of sp³-hybridized carbons (Fsp3) is 0.300. The van der Waals surface area contributed by atoms with Crippen LogP contribution >= 0.6 is 22.9 Å². The molecule has 4 rings (SSSR count). The first-order valence-corrected chi connectivity index (χ1v) is 10.2. The molecule has 0 bridgehead atoms. The summed E-state index contributed by atoms with van der Waals surface area (Å²) < 4.78 is 5.34. The highest BCUT2D eigenvalue weighted by Crippen LogP contribution is 2.32. The first-order valence-electron chi connectivity index (χ1n) is 8.87. The third kappa shape index (κ3) is 3.78. The van der Waals surface area contributed by atoms with Crippen molar-refractivity contribution in [3.8, 4) is 11.3 Å². The van der Waals surface area contributed by atoms with Crippen LogP contribution in [0.1, 0.15) is 21.7 Å². The van der Waals surface area contributed by atoms with Gasteiger partial charge in [-0.25, -0.2) is 0 Å². The molecule has 1 fully saturated rings. The summed E-state index contributed by atoms with van der Waals surface area (Å²) in [4.78, 5) is 17.4. The number of nitrogens with zero attached hydrogens (tertiary/aromatic N) is 3. The highest BCUT2D eigenvalue weighted by Gasteiger charge is 2.29. The average molecular weight is 402 g/mol. The van der Waals surface area contributed by atoms with Gasteiger partial charge >= 0.3 is 0 Å². The molecule has 0 aliphatic carbocycles. The van der Waals surface area contributed by atoms with Crippen LogP contribution in [0.4, 0.5) is 0 Å². The van der Waals surface area contributed by atoms with E-state index in [1.54, 1.807) is 24.3 Å². The van der Waals surface area contributed by atoms with Crippen molar-refractivity contribution in [2.75, 3.05) is 26.2 Å². The van der Waals surface area contributed by atoms with Crippen LogP contribution in [0.2, 0.25) is 5.02 Å². The van der Waals surface area contributed by atoms with Gasteiger partial charge < -0.3 is 9.42 Å². The summed E-state index contributed by atoms with van der Waals surface area (Å²) in [5.41, 5.74) is 3.07. The van der Waals surface area contributed by atoms with Crippen molar-refractivity contribution in [2.45, 2.75) is 13.5 Å². The van der Waals surface area contributed by atoms with E-state index in [9.17, 15) is 4.79 Å². The summed E-state index contributed by atoms with van der Waals surface area (Å²) in [7, 11) is 0. The van der Waals surface area contributed by atoms with E-state index in [0.717, 1.165) is 25.2 Å². The first kappa shape index (κ1) is 18.2. The molecular weight excluding hydrogens is 382 g/mol. The van der Waals surface area contributed by atoms with Gasteiger partial charge in [0.15, 0.2) is 0 Å². The Morgan fingerprint density at radius 2 is 2.00 bits per heavy atom. The number of rotatable bonds is 4. The number of aryl methyl sites for hydroxylation is 1. The fourth-order valence-electron chi connectivity index (χ4n) is 3.37. The van der Waals surface area contributed by atoms with Gasteiger partial charge in [0.2, 0.25) is 0 Å². The molecule has 1 amide bonds. The largest absolute Gasteiger partial charge is 0.360 e. The van der Waals surface area contributed by atoms with Crippen LogP contribution in [0, 0.1) is 6.92 Å². The Balaban J connectivity index is 1.50. The van der Waals surface area contributed by atoms with Crippen LogP contribution in [-0.2, 0) is 6.54 Å². The lowest BCUT2D eigenvalue weighted by Gasteiger charge is -2.34. The van der Waals surface area contributed by atoms with Crippen molar-refractivity contribution in [3.05, 3.63) is 63.0 Å². The van der Waals surface area contributed by atoms with E-state index in [0.29, 0.717) is 35.1 Å². The van der Waals surface area contributed by atoms with Gasteiger partial charge in [0, 0.05) is 38.3 Å². The predicted molar refractivity (Wildman–Crippen MR) is 107 cm³/mol. The third-order valence-corrected chi connectivity index (χ3v) is 5.91. The summed E-state index contributed by atoms with van der Waals surface area (Å²) >= 11 is 8.02. The zero-order chi connectivity index (χ0) is 18.8. The molecule has 3 aromatic rings. The van der Waals surface area contributed by atoms with Crippen LogP contribution in [0.3, 0.4) is 0 Å². The van der Waals surface area contributed by atoms with Crippen LogP contribution in [-0.4, -0.2) is 47.0 Å². The number of aromatic nitrogens is 1. The van der Waals surface area contributed by atoms with E-state index in [1.165, 1.54) is 5.56 Å². The highest BCUT2D eigenvalue weighted by molar-refractivity contribution is 7.07. The first-order chi connectivity index (χ1) is 13.1. The topological polar surface area (TPSA) is 49.6 Å². The summed E-state index contributed by atoms with van der Waals surface area (Å²) in [6, 6.07) is 9.53. The molecule has 3 heterocycles. The quantitative estimate of drug-likeness (QED) is 0.653. The second-order valence-electron chi connectivity index (χ2n) is 6.64. The number of hydrogen-bond acceptors (Lipinski definition) is 5. The minimum Gasteiger partial charge on any atom is -0.360 e. The van der Waals surface area contributed by atoms with Crippen molar-refractivity contribution < 1.29 is 9.32 Å². The number of piperazine rings is 1. The Bertz CT molecular complexity index is 931. The normalized spacial score (nSPS) is 15.3. The Kier molecular flexibility index (Phi) is 5.29. The Hall–Kier alpha value is -2.15. The van der Waals surface area contributed by atoms with Gasteiger partial charge in [-0.1, -0.05) is 35.0 Å². The summed E-state index contributed by atoms with van der Waals surface area (Å²) in [5.74, 6) is 0.481. The van der Waals surface area contributed by atoms with E-state index in [4.69, 9.17) is 16.1 Å². The molecular formula is C20H20ClN3O2S.